The minimum atomic E-state index is 0.218. The lowest BCUT2D eigenvalue weighted by atomic mass is 9.97. The van der Waals surface area contributed by atoms with Crippen molar-refractivity contribution in [3.63, 3.8) is 0 Å². The molecule has 1 aromatic heterocycles. The van der Waals surface area contributed by atoms with Crippen molar-refractivity contribution in [1.82, 2.24) is 15.2 Å². The van der Waals surface area contributed by atoms with Crippen molar-refractivity contribution in [2.24, 2.45) is 0 Å². The molecular formula is C21H29N3O. The number of para-hydroxylation sites is 1. The Bertz CT molecular complexity index is 653. The summed E-state index contributed by atoms with van der Waals surface area (Å²) in [6.45, 7) is 6.64. The van der Waals surface area contributed by atoms with E-state index in [0.717, 1.165) is 37.9 Å². The first-order chi connectivity index (χ1) is 12.2. The van der Waals surface area contributed by atoms with Crippen LogP contribution in [0.15, 0.2) is 48.8 Å². The maximum Gasteiger partial charge on any atom is 0.120 e. The van der Waals surface area contributed by atoms with Crippen molar-refractivity contribution in [3.05, 3.63) is 59.9 Å². The fourth-order valence-electron chi connectivity index (χ4n) is 3.80. The molecule has 0 saturated carbocycles. The molecule has 1 saturated heterocycles. The first kappa shape index (κ1) is 17.9. The van der Waals surface area contributed by atoms with Gasteiger partial charge in [0.25, 0.3) is 0 Å². The molecule has 3 rings (SSSR count). The van der Waals surface area contributed by atoms with Gasteiger partial charge in [-0.25, -0.2) is 0 Å². The van der Waals surface area contributed by atoms with Gasteiger partial charge in [-0.1, -0.05) is 25.1 Å². The fourth-order valence-corrected chi connectivity index (χ4v) is 3.80. The largest absolute Gasteiger partial charge is 0.508 e. The van der Waals surface area contributed by atoms with Crippen molar-refractivity contribution in [3.8, 4) is 5.75 Å². The third-order valence-electron chi connectivity index (χ3n) is 5.42. The highest BCUT2D eigenvalue weighted by molar-refractivity contribution is 5.34. The van der Waals surface area contributed by atoms with Crippen LogP contribution in [0, 0.1) is 0 Å². The summed E-state index contributed by atoms with van der Waals surface area (Å²) in [7, 11) is 0. The van der Waals surface area contributed by atoms with Crippen molar-refractivity contribution < 1.29 is 5.11 Å². The summed E-state index contributed by atoms with van der Waals surface area (Å²) in [5.41, 5.74) is 2.35. The van der Waals surface area contributed by atoms with E-state index in [1.165, 1.54) is 5.56 Å². The number of pyridine rings is 1. The predicted octanol–water partition coefficient (Wildman–Crippen LogP) is 4.05. The van der Waals surface area contributed by atoms with Gasteiger partial charge in [-0.2, -0.15) is 0 Å². The molecule has 25 heavy (non-hydrogen) atoms. The van der Waals surface area contributed by atoms with Gasteiger partial charge in [0, 0.05) is 49.2 Å². The molecule has 4 nitrogen and oxygen atoms in total. The van der Waals surface area contributed by atoms with Crippen LogP contribution in [0.2, 0.25) is 0 Å². The third kappa shape index (κ3) is 4.39. The highest BCUT2D eigenvalue weighted by atomic mass is 16.3. The highest BCUT2D eigenvalue weighted by Gasteiger charge is 2.25. The van der Waals surface area contributed by atoms with Crippen LogP contribution >= 0.6 is 0 Å². The van der Waals surface area contributed by atoms with E-state index in [1.54, 1.807) is 6.07 Å². The van der Waals surface area contributed by atoms with Crippen LogP contribution in [0.5, 0.6) is 5.75 Å². The molecule has 1 aliphatic rings. The molecule has 0 amide bonds. The Kier molecular flexibility index (Phi) is 6.05. The summed E-state index contributed by atoms with van der Waals surface area (Å²) in [5, 5.41) is 13.9. The van der Waals surface area contributed by atoms with Gasteiger partial charge in [0.05, 0.1) is 0 Å². The summed E-state index contributed by atoms with van der Waals surface area (Å²) >= 11 is 0. The van der Waals surface area contributed by atoms with Gasteiger partial charge in [0.1, 0.15) is 5.75 Å². The van der Waals surface area contributed by atoms with Crippen molar-refractivity contribution in [2.75, 3.05) is 13.1 Å². The van der Waals surface area contributed by atoms with Crippen LogP contribution in [0.4, 0.5) is 0 Å². The molecule has 2 atom stereocenters. The number of phenolic OH excluding ortho intramolecular Hbond substituents is 1. The Morgan fingerprint density at radius 2 is 1.84 bits per heavy atom. The lowest BCUT2D eigenvalue weighted by Crippen LogP contribution is -2.44. The maximum absolute atomic E-state index is 10.1. The molecule has 0 aliphatic carbocycles. The van der Waals surface area contributed by atoms with Crippen molar-refractivity contribution in [1.29, 1.82) is 0 Å². The molecule has 0 radical (unpaired) electrons. The average Bonchev–Trinajstić information content (AvgIpc) is 2.67. The summed E-state index contributed by atoms with van der Waals surface area (Å²) in [6, 6.07) is 13.1. The SMILES string of the molecule is CC[C@H](NC1CCN([C@@H](C)c2ccncc2)CC1)c1ccccc1O. The van der Waals surface area contributed by atoms with E-state index in [1.807, 2.05) is 30.6 Å². The molecule has 1 aliphatic heterocycles. The molecule has 0 unspecified atom stereocenters. The van der Waals surface area contributed by atoms with Crippen molar-refractivity contribution >= 4 is 0 Å². The normalized spacial score (nSPS) is 18.8. The number of aromatic nitrogens is 1. The molecule has 1 fully saturated rings. The number of likely N-dealkylation sites (tertiary alicyclic amines) is 1. The number of hydrogen-bond acceptors (Lipinski definition) is 4. The Hall–Kier alpha value is -1.91. The zero-order chi connectivity index (χ0) is 17.6. The van der Waals surface area contributed by atoms with Crippen molar-refractivity contribution in [2.45, 2.75) is 51.2 Å². The Labute approximate surface area is 150 Å². The van der Waals surface area contributed by atoms with Gasteiger partial charge in [-0.05, 0) is 49.9 Å². The number of rotatable bonds is 6. The van der Waals surface area contributed by atoms with Gasteiger partial charge in [-0.15, -0.1) is 0 Å². The summed E-state index contributed by atoms with van der Waals surface area (Å²) in [5.74, 6) is 0.394. The molecule has 4 heteroatoms. The minimum absolute atomic E-state index is 0.218. The van der Waals surface area contributed by atoms with E-state index in [-0.39, 0.29) is 6.04 Å². The van der Waals surface area contributed by atoms with Crippen LogP contribution in [0.3, 0.4) is 0 Å². The standard InChI is InChI=1S/C21H29N3O/c1-3-20(19-6-4-5-7-21(19)25)23-18-10-14-24(15-11-18)16(2)17-8-12-22-13-9-17/h4-9,12-13,16,18,20,23,25H,3,10-11,14-15H2,1-2H3/t16-,20-/m0/s1. The van der Waals surface area contributed by atoms with E-state index in [9.17, 15) is 5.11 Å². The molecule has 2 N–H and O–H groups in total. The zero-order valence-electron chi connectivity index (χ0n) is 15.2. The molecule has 2 aromatic rings. The summed E-state index contributed by atoms with van der Waals surface area (Å²) in [6.07, 6.45) is 7.00. The zero-order valence-corrected chi connectivity index (χ0v) is 15.2. The molecular weight excluding hydrogens is 310 g/mol. The Morgan fingerprint density at radius 1 is 1.16 bits per heavy atom. The number of piperidine rings is 1. The number of hydrogen-bond donors (Lipinski definition) is 2. The summed E-state index contributed by atoms with van der Waals surface area (Å²) in [4.78, 5) is 6.66. The average molecular weight is 339 g/mol. The summed E-state index contributed by atoms with van der Waals surface area (Å²) < 4.78 is 0. The van der Waals surface area contributed by atoms with E-state index in [4.69, 9.17) is 0 Å². The molecule has 134 valence electrons. The van der Waals surface area contributed by atoms with Crippen LogP contribution in [0.1, 0.15) is 56.3 Å². The monoisotopic (exact) mass is 339 g/mol. The number of aromatic hydroxyl groups is 1. The lowest BCUT2D eigenvalue weighted by molar-refractivity contribution is 0.147. The smallest absolute Gasteiger partial charge is 0.120 e. The lowest BCUT2D eigenvalue weighted by Gasteiger charge is -2.38. The van der Waals surface area contributed by atoms with E-state index < -0.39 is 0 Å². The third-order valence-corrected chi connectivity index (χ3v) is 5.42. The second-order valence-corrected chi connectivity index (χ2v) is 6.95. The van der Waals surface area contributed by atoms with E-state index >= 15 is 0 Å². The second kappa shape index (κ2) is 8.45. The van der Waals surface area contributed by atoms with Crippen LogP contribution in [-0.2, 0) is 0 Å². The number of phenols is 1. The molecule has 0 bridgehead atoms. The molecule has 2 heterocycles. The topological polar surface area (TPSA) is 48.4 Å². The number of benzene rings is 1. The predicted molar refractivity (Wildman–Crippen MR) is 102 cm³/mol. The first-order valence-electron chi connectivity index (χ1n) is 9.37. The Morgan fingerprint density at radius 3 is 2.48 bits per heavy atom. The van der Waals surface area contributed by atoms with Gasteiger partial charge in [0.15, 0.2) is 0 Å². The fraction of sp³-hybridized carbons (Fsp3) is 0.476. The van der Waals surface area contributed by atoms with Crippen LogP contribution in [-0.4, -0.2) is 34.1 Å². The van der Waals surface area contributed by atoms with Gasteiger partial charge in [-0.3, -0.25) is 9.88 Å². The second-order valence-electron chi connectivity index (χ2n) is 6.95. The van der Waals surface area contributed by atoms with Gasteiger partial charge < -0.3 is 10.4 Å². The van der Waals surface area contributed by atoms with Crippen LogP contribution in [0.25, 0.3) is 0 Å². The quantitative estimate of drug-likeness (QED) is 0.833. The molecule has 0 spiro atoms. The highest BCUT2D eigenvalue weighted by Crippen LogP contribution is 2.29. The van der Waals surface area contributed by atoms with Gasteiger partial charge >= 0.3 is 0 Å². The van der Waals surface area contributed by atoms with Gasteiger partial charge in [0.2, 0.25) is 0 Å². The number of nitrogens with zero attached hydrogens (tertiary/aromatic N) is 2. The van der Waals surface area contributed by atoms with Crippen LogP contribution < -0.4 is 5.32 Å². The minimum Gasteiger partial charge on any atom is -0.508 e. The Balaban J connectivity index is 1.56. The molecule has 1 aromatic carbocycles. The number of nitrogens with one attached hydrogen (secondary N) is 1. The van der Waals surface area contributed by atoms with E-state index in [0.29, 0.717) is 17.8 Å². The maximum atomic E-state index is 10.1. The first-order valence-corrected chi connectivity index (χ1v) is 9.37. The van der Waals surface area contributed by atoms with E-state index in [2.05, 4.69) is 41.2 Å².